The van der Waals surface area contributed by atoms with E-state index in [9.17, 15) is 23.3 Å². The van der Waals surface area contributed by atoms with E-state index in [2.05, 4.69) is 5.32 Å². The Morgan fingerprint density at radius 3 is 2.50 bits per heavy atom. The Hall–Kier alpha value is -3.66. The van der Waals surface area contributed by atoms with Gasteiger partial charge in [-0.2, -0.15) is 0 Å². The Morgan fingerprint density at radius 1 is 1.09 bits per heavy atom. The van der Waals surface area contributed by atoms with Gasteiger partial charge in [-0.05, 0) is 35.4 Å². The number of nitrogens with one attached hydrogen (secondary N) is 1. The van der Waals surface area contributed by atoms with Crippen molar-refractivity contribution < 1.29 is 22.9 Å². The van der Waals surface area contributed by atoms with Gasteiger partial charge in [0.25, 0.3) is 5.69 Å². The lowest BCUT2D eigenvalue weighted by Crippen LogP contribution is -2.41. The molecule has 1 amide bonds. The van der Waals surface area contributed by atoms with Crippen molar-refractivity contribution in [3.8, 4) is 5.75 Å². The molecule has 0 bridgehead atoms. The van der Waals surface area contributed by atoms with Gasteiger partial charge >= 0.3 is 0 Å². The zero-order valence-electron chi connectivity index (χ0n) is 17.6. The van der Waals surface area contributed by atoms with E-state index < -0.39 is 27.4 Å². The number of amides is 1. The van der Waals surface area contributed by atoms with Crippen LogP contribution in [-0.2, 0) is 14.8 Å². The van der Waals surface area contributed by atoms with Crippen LogP contribution in [0.25, 0.3) is 10.8 Å². The molecule has 3 rings (SSSR count). The van der Waals surface area contributed by atoms with Crippen molar-refractivity contribution in [2.24, 2.45) is 0 Å². The fourth-order valence-corrected chi connectivity index (χ4v) is 4.07. The number of rotatable bonds is 9. The van der Waals surface area contributed by atoms with E-state index in [1.807, 2.05) is 42.5 Å². The van der Waals surface area contributed by atoms with E-state index in [4.69, 9.17) is 4.74 Å². The summed E-state index contributed by atoms with van der Waals surface area (Å²) < 4.78 is 31.1. The van der Waals surface area contributed by atoms with Crippen LogP contribution in [0, 0.1) is 17.0 Å². The van der Waals surface area contributed by atoms with Gasteiger partial charge in [0.15, 0.2) is 0 Å². The van der Waals surface area contributed by atoms with Crippen molar-refractivity contribution in [2.75, 3.05) is 30.3 Å². The maximum atomic E-state index is 12.4. The molecule has 3 aromatic rings. The number of aryl methyl sites for hydroxylation is 1. The Balaban J connectivity index is 1.61. The first-order chi connectivity index (χ1) is 15.1. The van der Waals surface area contributed by atoms with Crippen LogP contribution in [0.1, 0.15) is 5.56 Å². The lowest BCUT2D eigenvalue weighted by Gasteiger charge is -2.23. The van der Waals surface area contributed by atoms with Gasteiger partial charge in [0.1, 0.15) is 18.9 Å². The summed E-state index contributed by atoms with van der Waals surface area (Å²) in [5.41, 5.74) is 0.321. The predicted octanol–water partition coefficient (Wildman–Crippen LogP) is 3.02. The number of hydrogen-bond acceptors (Lipinski definition) is 6. The first kappa shape index (κ1) is 23.0. The fraction of sp³-hybridized carbons (Fsp3) is 0.227. The van der Waals surface area contributed by atoms with E-state index in [1.54, 1.807) is 6.92 Å². The molecule has 0 spiro atoms. The molecular weight excluding hydrogens is 434 g/mol. The molecule has 0 aliphatic heterocycles. The Labute approximate surface area is 185 Å². The first-order valence-corrected chi connectivity index (χ1v) is 11.6. The second-order valence-electron chi connectivity index (χ2n) is 7.20. The number of benzene rings is 3. The van der Waals surface area contributed by atoms with E-state index in [0.717, 1.165) is 27.4 Å². The smallest absolute Gasteiger partial charge is 0.271 e. The highest BCUT2D eigenvalue weighted by atomic mass is 32.2. The summed E-state index contributed by atoms with van der Waals surface area (Å²) in [5, 5.41) is 15.8. The average Bonchev–Trinajstić information content (AvgIpc) is 2.74. The van der Waals surface area contributed by atoms with Gasteiger partial charge < -0.3 is 10.1 Å². The van der Waals surface area contributed by atoms with E-state index >= 15 is 0 Å². The van der Waals surface area contributed by atoms with Crippen LogP contribution in [0.4, 0.5) is 11.4 Å². The third-order valence-corrected chi connectivity index (χ3v) is 5.90. The third kappa shape index (κ3) is 5.73. The average molecular weight is 458 g/mol. The fourth-order valence-electron chi connectivity index (χ4n) is 3.16. The number of nitrogens with zero attached hydrogens (tertiary/aromatic N) is 2. The van der Waals surface area contributed by atoms with Crippen LogP contribution in [0.3, 0.4) is 0 Å². The van der Waals surface area contributed by atoms with Gasteiger partial charge in [0.05, 0.1) is 23.4 Å². The lowest BCUT2D eigenvalue weighted by molar-refractivity contribution is -0.384. The number of sulfonamides is 1. The van der Waals surface area contributed by atoms with Crippen LogP contribution in [0.2, 0.25) is 0 Å². The molecule has 0 unspecified atom stereocenters. The summed E-state index contributed by atoms with van der Waals surface area (Å²) in [5.74, 6) is 0.103. The van der Waals surface area contributed by atoms with E-state index in [1.165, 1.54) is 12.1 Å². The minimum atomic E-state index is -3.85. The van der Waals surface area contributed by atoms with Gasteiger partial charge in [0, 0.05) is 12.1 Å². The van der Waals surface area contributed by atoms with Crippen molar-refractivity contribution in [1.82, 2.24) is 5.32 Å². The molecule has 0 aliphatic carbocycles. The van der Waals surface area contributed by atoms with Crippen LogP contribution in [0.15, 0.2) is 60.7 Å². The van der Waals surface area contributed by atoms with Crippen LogP contribution in [0.5, 0.6) is 5.75 Å². The number of carbonyl (C=O) groups is 1. The zero-order chi connectivity index (χ0) is 23.3. The summed E-state index contributed by atoms with van der Waals surface area (Å²) in [7, 11) is -3.85. The topological polar surface area (TPSA) is 119 Å². The molecular formula is C22H23N3O6S. The minimum absolute atomic E-state index is 0.0873. The number of fused-ring (bicyclic) bond motifs is 1. The minimum Gasteiger partial charge on any atom is -0.492 e. The van der Waals surface area contributed by atoms with Gasteiger partial charge in [-0.25, -0.2) is 8.42 Å². The number of ether oxygens (including phenoxy) is 1. The molecule has 0 fully saturated rings. The maximum Gasteiger partial charge on any atom is 0.271 e. The van der Waals surface area contributed by atoms with Gasteiger partial charge in [-0.15, -0.1) is 0 Å². The predicted molar refractivity (Wildman–Crippen MR) is 122 cm³/mol. The van der Waals surface area contributed by atoms with Crippen molar-refractivity contribution in [3.05, 3.63) is 76.3 Å². The van der Waals surface area contributed by atoms with Crippen molar-refractivity contribution in [1.29, 1.82) is 0 Å². The lowest BCUT2D eigenvalue weighted by atomic mass is 10.1. The SMILES string of the molecule is Cc1ccc([N+](=O)[O-])cc1N(CC(=O)NCCOc1ccc2ccccc2c1)S(C)(=O)=O. The first-order valence-electron chi connectivity index (χ1n) is 9.76. The molecule has 9 nitrogen and oxygen atoms in total. The largest absolute Gasteiger partial charge is 0.492 e. The highest BCUT2D eigenvalue weighted by molar-refractivity contribution is 7.92. The maximum absolute atomic E-state index is 12.4. The molecule has 0 atom stereocenters. The quantitative estimate of drug-likeness (QED) is 0.300. The summed E-state index contributed by atoms with van der Waals surface area (Å²) in [6.07, 6.45) is 0.946. The number of hydrogen-bond donors (Lipinski definition) is 1. The van der Waals surface area contributed by atoms with Crippen molar-refractivity contribution in [2.45, 2.75) is 6.92 Å². The second kappa shape index (κ2) is 9.65. The molecule has 32 heavy (non-hydrogen) atoms. The molecule has 0 radical (unpaired) electrons. The van der Waals surface area contributed by atoms with Crippen LogP contribution in [-0.4, -0.2) is 45.2 Å². The monoisotopic (exact) mass is 457 g/mol. The molecule has 1 N–H and O–H groups in total. The van der Waals surface area contributed by atoms with Crippen LogP contribution >= 0.6 is 0 Å². The second-order valence-corrected chi connectivity index (χ2v) is 9.11. The van der Waals surface area contributed by atoms with E-state index in [0.29, 0.717) is 11.3 Å². The Bertz CT molecular complexity index is 1260. The van der Waals surface area contributed by atoms with Crippen molar-refractivity contribution >= 4 is 38.1 Å². The third-order valence-electron chi connectivity index (χ3n) is 4.77. The van der Waals surface area contributed by atoms with Gasteiger partial charge in [-0.1, -0.05) is 36.4 Å². The normalized spacial score (nSPS) is 11.2. The number of nitro benzene ring substituents is 1. The molecule has 0 heterocycles. The molecule has 0 saturated heterocycles. The standard InChI is InChI=1S/C22H23N3O6S/c1-16-7-9-19(25(27)28)14-21(16)24(32(2,29)30)15-22(26)23-11-12-31-20-10-8-17-5-3-4-6-18(17)13-20/h3-10,13-14H,11-12,15H2,1-2H3,(H,23,26). The molecule has 3 aromatic carbocycles. The number of carbonyl (C=O) groups excluding carboxylic acids is 1. The molecule has 10 heteroatoms. The van der Waals surface area contributed by atoms with Gasteiger partial charge in [-0.3, -0.25) is 19.2 Å². The summed E-state index contributed by atoms with van der Waals surface area (Å²) in [6, 6.07) is 17.4. The molecule has 0 aromatic heterocycles. The molecule has 168 valence electrons. The van der Waals surface area contributed by atoms with E-state index in [-0.39, 0.29) is 24.5 Å². The highest BCUT2D eigenvalue weighted by Gasteiger charge is 2.24. The number of nitro groups is 1. The summed E-state index contributed by atoms with van der Waals surface area (Å²) in [6.45, 7) is 1.47. The highest BCUT2D eigenvalue weighted by Crippen LogP contribution is 2.27. The Kier molecular flexibility index (Phi) is 6.94. The number of non-ortho nitro benzene ring substituents is 1. The Morgan fingerprint density at radius 2 is 1.81 bits per heavy atom. The number of anilines is 1. The molecule has 0 aliphatic rings. The zero-order valence-corrected chi connectivity index (χ0v) is 18.5. The van der Waals surface area contributed by atoms with Crippen molar-refractivity contribution in [3.63, 3.8) is 0 Å². The summed E-state index contributed by atoms with van der Waals surface area (Å²) in [4.78, 5) is 22.8. The van der Waals surface area contributed by atoms with Gasteiger partial charge in [0.2, 0.25) is 15.9 Å². The summed E-state index contributed by atoms with van der Waals surface area (Å²) >= 11 is 0. The van der Waals surface area contributed by atoms with Crippen LogP contribution < -0.4 is 14.4 Å². The molecule has 0 saturated carbocycles.